The first-order valence-corrected chi connectivity index (χ1v) is 11.0. The minimum atomic E-state index is -1.30. The number of carboxylic acids is 1. The van der Waals surface area contributed by atoms with Gasteiger partial charge in [-0.2, -0.15) is 0 Å². The third-order valence-electron chi connectivity index (χ3n) is 6.18. The molecule has 1 aromatic heterocycles. The second kappa shape index (κ2) is 9.28. The molecule has 1 fully saturated rings. The van der Waals surface area contributed by atoms with E-state index in [1.807, 2.05) is 78.4 Å². The Morgan fingerprint density at radius 2 is 1.82 bits per heavy atom. The summed E-state index contributed by atoms with van der Waals surface area (Å²) in [5.74, 6) is -1.56. The Bertz CT molecular complexity index is 1220. The highest BCUT2D eigenvalue weighted by atomic mass is 16.4. The lowest BCUT2D eigenvalue weighted by Crippen LogP contribution is -2.48. The molecular formula is C27H26N2O4. The van der Waals surface area contributed by atoms with Crippen LogP contribution in [0, 0.1) is 12.3 Å². The van der Waals surface area contributed by atoms with Gasteiger partial charge in [-0.1, -0.05) is 60.5 Å². The number of rotatable bonds is 8. The van der Waals surface area contributed by atoms with E-state index in [0.717, 1.165) is 17.5 Å². The molecule has 6 heteroatoms. The third-order valence-corrected chi connectivity index (χ3v) is 6.18. The van der Waals surface area contributed by atoms with Gasteiger partial charge in [-0.3, -0.25) is 14.4 Å². The summed E-state index contributed by atoms with van der Waals surface area (Å²) < 4.78 is 1.89. The van der Waals surface area contributed by atoms with Crippen molar-refractivity contribution in [3.05, 3.63) is 95.3 Å². The van der Waals surface area contributed by atoms with Crippen molar-refractivity contribution >= 4 is 29.4 Å². The van der Waals surface area contributed by atoms with Gasteiger partial charge in [0.2, 0.25) is 11.7 Å². The molecule has 3 aromatic rings. The van der Waals surface area contributed by atoms with Crippen molar-refractivity contribution in [1.29, 1.82) is 0 Å². The number of anilines is 1. The van der Waals surface area contributed by atoms with E-state index < -0.39 is 17.3 Å². The molecule has 1 aliphatic carbocycles. The summed E-state index contributed by atoms with van der Waals surface area (Å²) in [6, 6.07) is 18.4. The van der Waals surface area contributed by atoms with Gasteiger partial charge in [-0.05, 0) is 49.6 Å². The first kappa shape index (κ1) is 22.3. The van der Waals surface area contributed by atoms with E-state index in [1.165, 1.54) is 0 Å². The van der Waals surface area contributed by atoms with Crippen molar-refractivity contribution in [2.24, 2.45) is 5.41 Å². The number of aromatic nitrogens is 1. The van der Waals surface area contributed by atoms with Crippen molar-refractivity contribution in [1.82, 2.24) is 4.57 Å². The number of aliphatic carboxylic acids is 1. The quantitative estimate of drug-likeness (QED) is 0.382. The van der Waals surface area contributed by atoms with Gasteiger partial charge in [0.25, 0.3) is 0 Å². The average molecular weight is 443 g/mol. The SMILES string of the molecule is Cc1ccc(C(=O)c2cccn2C/C=C/c2cccc(NC(=O)C3(C(=O)O)CCC3)c2)cc1. The number of carbonyl (C=O) groups is 3. The third kappa shape index (κ3) is 4.65. The molecule has 1 saturated carbocycles. The smallest absolute Gasteiger partial charge is 0.319 e. The number of hydrogen-bond donors (Lipinski definition) is 2. The van der Waals surface area contributed by atoms with Crippen LogP contribution in [0.15, 0.2) is 72.9 Å². The monoisotopic (exact) mass is 442 g/mol. The number of allylic oxidation sites excluding steroid dienone is 1. The molecule has 168 valence electrons. The Morgan fingerprint density at radius 3 is 2.48 bits per heavy atom. The minimum absolute atomic E-state index is 0.0264. The molecular weight excluding hydrogens is 416 g/mol. The highest BCUT2D eigenvalue weighted by Crippen LogP contribution is 2.42. The summed E-state index contributed by atoms with van der Waals surface area (Å²) in [4.78, 5) is 36.9. The van der Waals surface area contributed by atoms with Crippen LogP contribution >= 0.6 is 0 Å². The van der Waals surface area contributed by atoms with Crippen LogP contribution in [0.25, 0.3) is 6.08 Å². The molecule has 4 rings (SSSR count). The molecule has 1 aliphatic rings. The number of nitrogens with zero attached hydrogens (tertiary/aromatic N) is 1. The Balaban J connectivity index is 1.42. The molecule has 0 saturated heterocycles. The fourth-order valence-electron chi connectivity index (χ4n) is 3.97. The highest BCUT2D eigenvalue weighted by molar-refractivity contribution is 6.09. The molecule has 6 nitrogen and oxygen atoms in total. The van der Waals surface area contributed by atoms with Gasteiger partial charge in [0.15, 0.2) is 0 Å². The van der Waals surface area contributed by atoms with E-state index in [9.17, 15) is 19.5 Å². The van der Waals surface area contributed by atoms with Gasteiger partial charge in [0, 0.05) is 24.0 Å². The first-order valence-electron chi connectivity index (χ1n) is 11.0. The van der Waals surface area contributed by atoms with Crippen LogP contribution in [0.2, 0.25) is 0 Å². The van der Waals surface area contributed by atoms with Gasteiger partial charge in [-0.25, -0.2) is 0 Å². The fraction of sp³-hybridized carbons (Fsp3) is 0.222. The molecule has 0 spiro atoms. The lowest BCUT2D eigenvalue weighted by atomic mass is 9.68. The number of amides is 1. The van der Waals surface area contributed by atoms with E-state index in [4.69, 9.17) is 0 Å². The summed E-state index contributed by atoms with van der Waals surface area (Å²) in [6.07, 6.45) is 7.20. The normalized spacial score (nSPS) is 14.6. The van der Waals surface area contributed by atoms with Gasteiger partial charge in [0.1, 0.15) is 5.41 Å². The molecule has 0 unspecified atom stereocenters. The number of carbonyl (C=O) groups excluding carboxylic acids is 2. The maximum atomic E-state index is 12.9. The van der Waals surface area contributed by atoms with E-state index >= 15 is 0 Å². The van der Waals surface area contributed by atoms with Crippen molar-refractivity contribution in [2.75, 3.05) is 5.32 Å². The largest absolute Gasteiger partial charge is 0.480 e. The van der Waals surface area contributed by atoms with E-state index in [1.54, 1.807) is 12.1 Å². The maximum Gasteiger partial charge on any atom is 0.319 e. The lowest BCUT2D eigenvalue weighted by molar-refractivity contribution is -0.159. The molecule has 0 radical (unpaired) electrons. The molecule has 0 bridgehead atoms. The molecule has 1 heterocycles. The number of carboxylic acid groups (broad SMARTS) is 1. The van der Waals surface area contributed by atoms with Gasteiger partial charge >= 0.3 is 5.97 Å². The molecule has 33 heavy (non-hydrogen) atoms. The van der Waals surface area contributed by atoms with E-state index in [0.29, 0.717) is 36.3 Å². The molecule has 2 aromatic carbocycles. The average Bonchev–Trinajstić information content (AvgIpc) is 3.21. The molecule has 0 atom stereocenters. The second-order valence-corrected chi connectivity index (χ2v) is 8.46. The standard InChI is InChI=1S/C27H26N2O4/c1-19-10-12-21(13-11-19)24(30)23-9-4-17-29(23)16-3-7-20-6-2-8-22(18-20)28-25(31)27(26(32)33)14-5-15-27/h2-4,6-13,17-18H,5,14-16H2,1H3,(H,28,31)(H,32,33)/b7-3+. The Kier molecular flexibility index (Phi) is 6.27. The summed E-state index contributed by atoms with van der Waals surface area (Å²) >= 11 is 0. The topological polar surface area (TPSA) is 88.4 Å². The van der Waals surface area contributed by atoms with Crippen LogP contribution in [0.5, 0.6) is 0 Å². The Morgan fingerprint density at radius 1 is 1.06 bits per heavy atom. The van der Waals surface area contributed by atoms with Gasteiger partial charge in [0.05, 0.1) is 5.69 Å². The zero-order valence-corrected chi connectivity index (χ0v) is 18.5. The van der Waals surface area contributed by atoms with Crippen molar-refractivity contribution < 1.29 is 19.5 Å². The van der Waals surface area contributed by atoms with E-state index in [-0.39, 0.29) is 5.78 Å². The van der Waals surface area contributed by atoms with Crippen LogP contribution in [0.1, 0.15) is 46.4 Å². The van der Waals surface area contributed by atoms with Crippen molar-refractivity contribution in [3.63, 3.8) is 0 Å². The molecule has 1 amide bonds. The summed E-state index contributed by atoms with van der Waals surface area (Å²) in [7, 11) is 0. The number of ketones is 1. The second-order valence-electron chi connectivity index (χ2n) is 8.46. The zero-order valence-electron chi connectivity index (χ0n) is 18.5. The predicted molar refractivity (Wildman–Crippen MR) is 127 cm³/mol. The summed E-state index contributed by atoms with van der Waals surface area (Å²) in [5.41, 5.74) is 2.49. The van der Waals surface area contributed by atoms with Crippen molar-refractivity contribution in [2.45, 2.75) is 32.7 Å². The highest BCUT2D eigenvalue weighted by Gasteiger charge is 2.51. The van der Waals surface area contributed by atoms with Crippen molar-refractivity contribution in [3.8, 4) is 0 Å². The fourth-order valence-corrected chi connectivity index (χ4v) is 3.97. The zero-order chi connectivity index (χ0) is 23.4. The lowest BCUT2D eigenvalue weighted by Gasteiger charge is -2.35. The van der Waals surface area contributed by atoms with Crippen LogP contribution in [-0.4, -0.2) is 27.3 Å². The predicted octanol–water partition coefficient (Wildman–Crippen LogP) is 4.93. The summed E-state index contributed by atoms with van der Waals surface area (Å²) in [6.45, 7) is 2.50. The van der Waals surface area contributed by atoms with Gasteiger partial charge in [-0.15, -0.1) is 0 Å². The number of hydrogen-bond acceptors (Lipinski definition) is 3. The van der Waals surface area contributed by atoms with E-state index in [2.05, 4.69) is 5.32 Å². The number of nitrogens with one attached hydrogen (secondary N) is 1. The van der Waals surface area contributed by atoms with Crippen LogP contribution in [0.4, 0.5) is 5.69 Å². The summed E-state index contributed by atoms with van der Waals surface area (Å²) in [5, 5.41) is 12.2. The minimum Gasteiger partial charge on any atom is -0.480 e. The van der Waals surface area contributed by atoms with Crippen LogP contribution < -0.4 is 5.32 Å². The number of aryl methyl sites for hydroxylation is 1. The molecule has 0 aliphatic heterocycles. The number of benzene rings is 2. The van der Waals surface area contributed by atoms with Crippen LogP contribution in [-0.2, 0) is 16.1 Å². The Labute approximate surface area is 192 Å². The van der Waals surface area contributed by atoms with Crippen LogP contribution in [0.3, 0.4) is 0 Å². The molecule has 2 N–H and O–H groups in total. The first-order chi connectivity index (χ1) is 15.9. The maximum absolute atomic E-state index is 12.9. The van der Waals surface area contributed by atoms with Gasteiger partial charge < -0.3 is 15.0 Å². The Hall–Kier alpha value is -3.93.